The number of benzene rings is 2. The number of hydrogen-bond acceptors (Lipinski definition) is 7. The minimum Gasteiger partial charge on any atom is -0.507 e. The van der Waals surface area contributed by atoms with Crippen LogP contribution in [0.5, 0.6) is 11.5 Å². The SMILES string of the molecule is CCOc1ccc(C2/C(=C(\O)c3ccc(OC)c(C)c3)C(=O)C(=O)N2CCN2CCOCC2)cc1. The van der Waals surface area contributed by atoms with E-state index in [-0.39, 0.29) is 11.3 Å². The standard InChI is InChI=1S/C27H32N2O6/c1-4-35-21-8-5-19(6-9-21)24-23(25(30)20-7-10-22(33-3)18(2)17-20)26(31)27(32)29(24)12-11-28-13-15-34-16-14-28/h5-10,17,24,30H,4,11-16H2,1-3H3/b25-23+. The van der Waals surface area contributed by atoms with Gasteiger partial charge in [-0.25, -0.2) is 0 Å². The molecule has 8 heteroatoms. The van der Waals surface area contributed by atoms with E-state index in [2.05, 4.69) is 4.90 Å². The number of carbonyl (C=O) groups excluding carboxylic acids is 2. The van der Waals surface area contributed by atoms with Crippen molar-refractivity contribution in [2.24, 2.45) is 0 Å². The first kappa shape index (κ1) is 24.8. The molecule has 186 valence electrons. The second-order valence-electron chi connectivity index (χ2n) is 8.63. The number of rotatable bonds is 8. The number of hydrogen-bond donors (Lipinski definition) is 1. The minimum absolute atomic E-state index is 0.0886. The summed E-state index contributed by atoms with van der Waals surface area (Å²) in [7, 11) is 1.58. The molecule has 8 nitrogen and oxygen atoms in total. The van der Waals surface area contributed by atoms with Crippen LogP contribution in [0.1, 0.15) is 29.7 Å². The molecule has 2 aliphatic rings. The molecule has 1 atom stereocenters. The highest BCUT2D eigenvalue weighted by Crippen LogP contribution is 2.40. The molecule has 4 rings (SSSR count). The Hall–Kier alpha value is -3.36. The Morgan fingerprint density at radius 2 is 1.80 bits per heavy atom. The van der Waals surface area contributed by atoms with Crippen LogP contribution in [-0.4, -0.2) is 79.7 Å². The third-order valence-electron chi connectivity index (χ3n) is 6.48. The highest BCUT2D eigenvalue weighted by Gasteiger charge is 2.46. The van der Waals surface area contributed by atoms with Crippen LogP contribution in [0.3, 0.4) is 0 Å². The van der Waals surface area contributed by atoms with Crippen LogP contribution in [0.15, 0.2) is 48.0 Å². The molecule has 1 unspecified atom stereocenters. The van der Waals surface area contributed by atoms with Gasteiger partial charge < -0.3 is 24.2 Å². The Bertz CT molecular complexity index is 1110. The molecule has 1 N–H and O–H groups in total. The van der Waals surface area contributed by atoms with Gasteiger partial charge in [0.15, 0.2) is 0 Å². The number of aryl methyl sites for hydroxylation is 1. The lowest BCUT2D eigenvalue weighted by Gasteiger charge is -2.31. The summed E-state index contributed by atoms with van der Waals surface area (Å²) >= 11 is 0. The number of amides is 1. The van der Waals surface area contributed by atoms with Gasteiger partial charge in [0.25, 0.3) is 11.7 Å². The summed E-state index contributed by atoms with van der Waals surface area (Å²) in [6, 6.07) is 11.8. The summed E-state index contributed by atoms with van der Waals surface area (Å²) in [4.78, 5) is 30.2. The molecule has 35 heavy (non-hydrogen) atoms. The Kier molecular flexibility index (Phi) is 7.73. The van der Waals surface area contributed by atoms with E-state index >= 15 is 0 Å². The first-order chi connectivity index (χ1) is 16.9. The normalized spacial score (nSPS) is 20.3. The van der Waals surface area contributed by atoms with Crippen molar-refractivity contribution in [3.8, 4) is 11.5 Å². The number of carbonyl (C=O) groups is 2. The van der Waals surface area contributed by atoms with Gasteiger partial charge >= 0.3 is 0 Å². The van der Waals surface area contributed by atoms with Crippen LogP contribution in [0.25, 0.3) is 5.76 Å². The van der Waals surface area contributed by atoms with Crippen molar-refractivity contribution in [2.75, 3.05) is 53.1 Å². The molecule has 0 spiro atoms. The predicted octanol–water partition coefficient (Wildman–Crippen LogP) is 3.16. The quantitative estimate of drug-likeness (QED) is 0.353. The Morgan fingerprint density at radius 3 is 2.43 bits per heavy atom. The molecule has 2 aliphatic heterocycles. The van der Waals surface area contributed by atoms with Gasteiger partial charge in [0.2, 0.25) is 0 Å². The number of methoxy groups -OCH3 is 1. The second kappa shape index (κ2) is 10.9. The van der Waals surface area contributed by atoms with E-state index in [1.165, 1.54) is 0 Å². The number of likely N-dealkylation sites (tertiary alicyclic amines) is 1. The van der Waals surface area contributed by atoms with Gasteiger partial charge in [-0.2, -0.15) is 0 Å². The summed E-state index contributed by atoms with van der Waals surface area (Å²) in [6.45, 7) is 8.15. The zero-order chi connectivity index (χ0) is 24.9. The summed E-state index contributed by atoms with van der Waals surface area (Å²) in [5.74, 6) is -0.106. The molecule has 0 bridgehead atoms. The Balaban J connectivity index is 1.73. The van der Waals surface area contributed by atoms with Crippen LogP contribution in [-0.2, 0) is 14.3 Å². The fourth-order valence-corrected chi connectivity index (χ4v) is 4.63. The molecule has 1 amide bonds. The van der Waals surface area contributed by atoms with Crippen molar-refractivity contribution >= 4 is 17.4 Å². The highest BCUT2D eigenvalue weighted by molar-refractivity contribution is 6.46. The third-order valence-corrected chi connectivity index (χ3v) is 6.48. The number of morpholine rings is 1. The number of aliphatic hydroxyl groups excluding tert-OH is 1. The molecular formula is C27H32N2O6. The van der Waals surface area contributed by atoms with Crippen molar-refractivity contribution in [1.29, 1.82) is 0 Å². The van der Waals surface area contributed by atoms with E-state index in [4.69, 9.17) is 14.2 Å². The number of aliphatic hydroxyl groups is 1. The van der Waals surface area contributed by atoms with Gasteiger partial charge in [0.05, 0.1) is 38.5 Å². The first-order valence-corrected chi connectivity index (χ1v) is 11.9. The molecule has 0 aliphatic carbocycles. The largest absolute Gasteiger partial charge is 0.507 e. The maximum atomic E-state index is 13.3. The molecule has 2 aromatic rings. The minimum atomic E-state index is -0.700. The van der Waals surface area contributed by atoms with Crippen molar-refractivity contribution in [3.05, 3.63) is 64.7 Å². The number of ketones is 1. The fraction of sp³-hybridized carbons (Fsp3) is 0.407. The Morgan fingerprint density at radius 1 is 1.09 bits per heavy atom. The molecule has 2 heterocycles. The third kappa shape index (κ3) is 5.18. The first-order valence-electron chi connectivity index (χ1n) is 11.9. The van der Waals surface area contributed by atoms with E-state index in [1.54, 1.807) is 30.2 Å². The number of Topliss-reactive ketones (excluding diaryl/α,β-unsaturated/α-hetero) is 1. The molecule has 2 saturated heterocycles. The van der Waals surface area contributed by atoms with Crippen LogP contribution in [0.2, 0.25) is 0 Å². The van der Waals surface area contributed by atoms with Crippen LogP contribution in [0.4, 0.5) is 0 Å². The number of ether oxygens (including phenoxy) is 3. The average Bonchev–Trinajstić information content (AvgIpc) is 3.13. The van der Waals surface area contributed by atoms with Gasteiger partial charge in [-0.3, -0.25) is 14.5 Å². The molecule has 0 saturated carbocycles. The van der Waals surface area contributed by atoms with Crippen LogP contribution >= 0.6 is 0 Å². The van der Waals surface area contributed by atoms with E-state index in [1.807, 2.05) is 38.1 Å². The van der Waals surface area contributed by atoms with E-state index in [0.29, 0.717) is 50.0 Å². The van der Waals surface area contributed by atoms with Gasteiger partial charge in [0.1, 0.15) is 17.3 Å². The second-order valence-corrected chi connectivity index (χ2v) is 8.63. The summed E-state index contributed by atoms with van der Waals surface area (Å²) in [5.41, 5.74) is 2.10. The lowest BCUT2D eigenvalue weighted by Crippen LogP contribution is -2.42. The van der Waals surface area contributed by atoms with Crippen LogP contribution in [0, 0.1) is 6.92 Å². The molecule has 0 aromatic heterocycles. The lowest BCUT2D eigenvalue weighted by atomic mass is 9.94. The monoisotopic (exact) mass is 480 g/mol. The smallest absolute Gasteiger partial charge is 0.295 e. The highest BCUT2D eigenvalue weighted by atomic mass is 16.5. The molecule has 2 aromatic carbocycles. The van der Waals surface area contributed by atoms with E-state index in [9.17, 15) is 14.7 Å². The summed E-state index contributed by atoms with van der Waals surface area (Å²) in [6.07, 6.45) is 0. The zero-order valence-electron chi connectivity index (χ0n) is 20.5. The maximum absolute atomic E-state index is 13.3. The maximum Gasteiger partial charge on any atom is 0.295 e. The van der Waals surface area contributed by atoms with Crippen molar-refractivity contribution < 1.29 is 28.9 Å². The number of nitrogens with zero attached hydrogens (tertiary/aromatic N) is 2. The summed E-state index contributed by atoms with van der Waals surface area (Å²) < 4.78 is 16.3. The predicted molar refractivity (Wildman–Crippen MR) is 132 cm³/mol. The average molecular weight is 481 g/mol. The topological polar surface area (TPSA) is 88.5 Å². The van der Waals surface area contributed by atoms with Crippen molar-refractivity contribution in [3.63, 3.8) is 0 Å². The van der Waals surface area contributed by atoms with Gasteiger partial charge in [0, 0.05) is 31.7 Å². The fourth-order valence-electron chi connectivity index (χ4n) is 4.63. The van der Waals surface area contributed by atoms with E-state index < -0.39 is 17.7 Å². The molecule has 2 fully saturated rings. The summed E-state index contributed by atoms with van der Waals surface area (Å²) in [5, 5.41) is 11.3. The Labute approximate surface area is 205 Å². The lowest BCUT2D eigenvalue weighted by molar-refractivity contribution is -0.140. The van der Waals surface area contributed by atoms with Crippen LogP contribution < -0.4 is 9.47 Å². The zero-order valence-corrected chi connectivity index (χ0v) is 20.5. The van der Waals surface area contributed by atoms with Gasteiger partial charge in [-0.1, -0.05) is 12.1 Å². The van der Waals surface area contributed by atoms with Gasteiger partial charge in [-0.05, 0) is 55.3 Å². The van der Waals surface area contributed by atoms with Crippen molar-refractivity contribution in [2.45, 2.75) is 19.9 Å². The molecule has 0 radical (unpaired) electrons. The van der Waals surface area contributed by atoms with Crippen molar-refractivity contribution in [1.82, 2.24) is 9.80 Å². The molecular weight excluding hydrogens is 448 g/mol. The van der Waals surface area contributed by atoms with Gasteiger partial charge in [-0.15, -0.1) is 0 Å². The van der Waals surface area contributed by atoms with E-state index in [0.717, 1.165) is 24.2 Å².